The molecule has 0 fully saturated rings. The summed E-state index contributed by atoms with van der Waals surface area (Å²) in [6.07, 6.45) is 0. The van der Waals surface area contributed by atoms with Crippen molar-refractivity contribution in [1.29, 1.82) is 0 Å². The van der Waals surface area contributed by atoms with Gasteiger partial charge in [0.05, 0.1) is 12.0 Å². The number of halogens is 1. The Kier molecular flexibility index (Phi) is 4.39. The molecule has 0 unspecified atom stereocenters. The first-order chi connectivity index (χ1) is 10.0. The van der Waals surface area contributed by atoms with Crippen LogP contribution in [-0.4, -0.2) is 17.9 Å². The van der Waals surface area contributed by atoms with Gasteiger partial charge in [-0.2, -0.15) is 0 Å². The van der Waals surface area contributed by atoms with Crippen LogP contribution in [-0.2, 0) is 0 Å². The molecule has 6 nitrogen and oxygen atoms in total. The van der Waals surface area contributed by atoms with Gasteiger partial charge in [0.2, 0.25) is 0 Å². The van der Waals surface area contributed by atoms with E-state index in [2.05, 4.69) is 5.32 Å². The fraction of sp³-hybridized carbons (Fsp3) is 0.0714. The van der Waals surface area contributed by atoms with Gasteiger partial charge in [0, 0.05) is 16.7 Å². The number of nitrogens with one attached hydrogen (secondary N) is 1. The fourth-order valence-electron chi connectivity index (χ4n) is 1.70. The molecule has 2 aromatic rings. The minimum atomic E-state index is -0.583. The molecule has 7 heteroatoms. The molecule has 1 N–H and O–H groups in total. The van der Waals surface area contributed by atoms with E-state index in [-0.39, 0.29) is 11.4 Å². The maximum absolute atomic E-state index is 12.1. The second kappa shape index (κ2) is 6.23. The van der Waals surface area contributed by atoms with E-state index in [4.69, 9.17) is 16.3 Å². The molecule has 0 saturated carbocycles. The highest BCUT2D eigenvalue weighted by molar-refractivity contribution is 6.31. The van der Waals surface area contributed by atoms with E-state index in [1.54, 1.807) is 24.3 Å². The molecule has 2 rings (SSSR count). The zero-order valence-corrected chi connectivity index (χ0v) is 11.8. The lowest BCUT2D eigenvalue weighted by Gasteiger charge is -2.07. The maximum Gasteiger partial charge on any atom is 0.292 e. The van der Waals surface area contributed by atoms with Gasteiger partial charge >= 0.3 is 0 Å². The van der Waals surface area contributed by atoms with Gasteiger partial charge < -0.3 is 10.1 Å². The number of nitro groups is 1. The lowest BCUT2D eigenvalue weighted by molar-refractivity contribution is -0.383. The first-order valence-electron chi connectivity index (χ1n) is 5.90. The lowest BCUT2D eigenvalue weighted by Crippen LogP contribution is -2.13. The number of benzene rings is 2. The van der Waals surface area contributed by atoms with Crippen LogP contribution in [0.1, 0.15) is 10.4 Å². The van der Waals surface area contributed by atoms with Crippen LogP contribution >= 0.6 is 11.6 Å². The van der Waals surface area contributed by atoms with E-state index in [9.17, 15) is 14.9 Å². The molecule has 0 aromatic heterocycles. The number of nitro benzene ring substituents is 1. The minimum absolute atomic E-state index is 0.0494. The highest BCUT2D eigenvalue weighted by atomic mass is 35.5. The summed E-state index contributed by atoms with van der Waals surface area (Å²) in [5, 5.41) is 13.7. The van der Waals surface area contributed by atoms with Crippen molar-refractivity contribution in [2.45, 2.75) is 0 Å². The number of methoxy groups -OCH3 is 1. The molecular weight excluding hydrogens is 296 g/mol. The molecule has 1 amide bonds. The Morgan fingerprint density at radius 1 is 1.24 bits per heavy atom. The third-order valence-corrected chi connectivity index (χ3v) is 2.99. The molecule has 0 radical (unpaired) electrons. The van der Waals surface area contributed by atoms with Gasteiger partial charge in [-0.1, -0.05) is 11.6 Å². The number of amides is 1. The topological polar surface area (TPSA) is 81.5 Å². The van der Waals surface area contributed by atoms with Crippen molar-refractivity contribution in [3.8, 4) is 5.75 Å². The number of ether oxygens (including phenoxy) is 1. The number of rotatable bonds is 4. The summed E-state index contributed by atoms with van der Waals surface area (Å²) in [5.41, 5.74) is 0.180. The molecule has 0 aliphatic carbocycles. The summed E-state index contributed by atoms with van der Waals surface area (Å²) < 4.78 is 5.00. The van der Waals surface area contributed by atoms with Crippen molar-refractivity contribution in [2.24, 2.45) is 0 Å². The van der Waals surface area contributed by atoms with Gasteiger partial charge in [0.1, 0.15) is 11.4 Å². The van der Waals surface area contributed by atoms with Gasteiger partial charge in [-0.15, -0.1) is 0 Å². The van der Waals surface area contributed by atoms with Gasteiger partial charge in [0.25, 0.3) is 11.6 Å². The van der Waals surface area contributed by atoms with Crippen LogP contribution in [0.3, 0.4) is 0 Å². The third kappa shape index (κ3) is 3.49. The van der Waals surface area contributed by atoms with Gasteiger partial charge in [-0.3, -0.25) is 14.9 Å². The maximum atomic E-state index is 12.1. The molecule has 0 aliphatic rings. The van der Waals surface area contributed by atoms with Gasteiger partial charge in [-0.25, -0.2) is 0 Å². The SMILES string of the molecule is COc1ccc(C(=O)Nc2cc(Cl)ccc2[N+](=O)[O-])cc1. The number of carbonyl (C=O) groups excluding carboxylic acids is 1. The van der Waals surface area contributed by atoms with Crippen LogP contribution in [0.2, 0.25) is 5.02 Å². The molecule has 0 saturated heterocycles. The van der Waals surface area contributed by atoms with Crippen molar-refractivity contribution in [3.05, 3.63) is 63.2 Å². The number of hydrogen-bond acceptors (Lipinski definition) is 4. The molecular formula is C14H11ClN2O4. The molecule has 0 atom stereocenters. The number of anilines is 1. The second-order valence-corrected chi connectivity index (χ2v) is 4.54. The van der Waals surface area contributed by atoms with E-state index in [0.717, 1.165) is 0 Å². The minimum Gasteiger partial charge on any atom is -0.497 e. The van der Waals surface area contributed by atoms with E-state index >= 15 is 0 Å². The van der Waals surface area contributed by atoms with Crippen LogP contribution in [0.15, 0.2) is 42.5 Å². The zero-order valence-electron chi connectivity index (χ0n) is 11.0. The monoisotopic (exact) mass is 306 g/mol. The average molecular weight is 307 g/mol. The molecule has 0 spiro atoms. The second-order valence-electron chi connectivity index (χ2n) is 4.10. The van der Waals surface area contributed by atoms with Crippen LogP contribution in [0.25, 0.3) is 0 Å². The van der Waals surface area contributed by atoms with Crippen LogP contribution < -0.4 is 10.1 Å². The molecule has 21 heavy (non-hydrogen) atoms. The predicted molar refractivity (Wildman–Crippen MR) is 79.1 cm³/mol. The normalized spacial score (nSPS) is 10.0. The molecule has 0 heterocycles. The Balaban J connectivity index is 2.26. The van der Waals surface area contributed by atoms with Gasteiger partial charge in [0.15, 0.2) is 0 Å². The van der Waals surface area contributed by atoms with E-state index in [0.29, 0.717) is 16.3 Å². The van der Waals surface area contributed by atoms with Crippen LogP contribution in [0.5, 0.6) is 5.75 Å². The quantitative estimate of drug-likeness (QED) is 0.692. The average Bonchev–Trinajstić information content (AvgIpc) is 2.47. The Bertz CT molecular complexity index is 686. The predicted octanol–water partition coefficient (Wildman–Crippen LogP) is 3.51. The van der Waals surface area contributed by atoms with Crippen molar-refractivity contribution < 1.29 is 14.5 Å². The summed E-state index contributed by atoms with van der Waals surface area (Å²) >= 11 is 5.80. The number of nitrogens with zero attached hydrogens (tertiary/aromatic N) is 1. The Morgan fingerprint density at radius 2 is 1.90 bits per heavy atom. The van der Waals surface area contributed by atoms with Crippen molar-refractivity contribution in [2.75, 3.05) is 12.4 Å². The Hall–Kier alpha value is -2.60. The smallest absolute Gasteiger partial charge is 0.292 e. The Labute approximate surface area is 125 Å². The largest absolute Gasteiger partial charge is 0.497 e. The van der Waals surface area contributed by atoms with Crippen molar-refractivity contribution in [1.82, 2.24) is 0 Å². The van der Waals surface area contributed by atoms with E-state index < -0.39 is 10.8 Å². The van der Waals surface area contributed by atoms with Crippen molar-refractivity contribution in [3.63, 3.8) is 0 Å². The summed E-state index contributed by atoms with van der Waals surface area (Å²) in [4.78, 5) is 22.4. The lowest BCUT2D eigenvalue weighted by atomic mass is 10.2. The summed E-state index contributed by atoms with van der Waals surface area (Å²) in [5.74, 6) is 0.142. The standard InChI is InChI=1S/C14H11ClN2O4/c1-21-11-5-2-9(3-6-11)14(18)16-12-8-10(15)4-7-13(12)17(19)20/h2-8H,1H3,(H,16,18). The molecule has 0 bridgehead atoms. The van der Waals surface area contributed by atoms with Gasteiger partial charge in [-0.05, 0) is 36.4 Å². The summed E-state index contributed by atoms with van der Waals surface area (Å²) in [6, 6.07) is 10.3. The van der Waals surface area contributed by atoms with E-state index in [1.165, 1.54) is 25.3 Å². The summed E-state index contributed by atoms with van der Waals surface area (Å²) in [6.45, 7) is 0. The number of carbonyl (C=O) groups is 1. The van der Waals surface area contributed by atoms with Crippen LogP contribution in [0, 0.1) is 10.1 Å². The fourth-order valence-corrected chi connectivity index (χ4v) is 1.88. The van der Waals surface area contributed by atoms with E-state index in [1.807, 2.05) is 0 Å². The first kappa shape index (κ1) is 14.8. The zero-order chi connectivity index (χ0) is 15.4. The Morgan fingerprint density at radius 3 is 2.48 bits per heavy atom. The molecule has 0 aliphatic heterocycles. The molecule has 108 valence electrons. The number of hydrogen-bond donors (Lipinski definition) is 1. The third-order valence-electron chi connectivity index (χ3n) is 2.76. The molecule has 2 aromatic carbocycles. The van der Waals surface area contributed by atoms with Crippen molar-refractivity contribution >= 4 is 28.9 Å². The summed E-state index contributed by atoms with van der Waals surface area (Å²) in [7, 11) is 1.52. The first-order valence-corrected chi connectivity index (χ1v) is 6.28. The highest BCUT2D eigenvalue weighted by Crippen LogP contribution is 2.28. The van der Waals surface area contributed by atoms with Crippen LogP contribution in [0.4, 0.5) is 11.4 Å². The highest BCUT2D eigenvalue weighted by Gasteiger charge is 2.17.